The van der Waals surface area contributed by atoms with E-state index in [4.69, 9.17) is 0 Å². The fourth-order valence-electron chi connectivity index (χ4n) is 3.04. The van der Waals surface area contributed by atoms with E-state index in [-0.39, 0.29) is 24.2 Å². The zero-order valence-corrected chi connectivity index (χ0v) is 12.6. The van der Waals surface area contributed by atoms with Crippen LogP contribution in [0.5, 0.6) is 0 Å². The Kier molecular flexibility index (Phi) is 4.70. The Morgan fingerprint density at radius 2 is 2.05 bits per heavy atom. The molecule has 3 rings (SSSR count). The minimum atomic E-state index is -0.382. The second kappa shape index (κ2) is 6.89. The average Bonchev–Trinajstić information content (AvgIpc) is 2.55. The molecule has 0 radical (unpaired) electrons. The topological polar surface area (TPSA) is 73.5 Å². The molecule has 1 aromatic carbocycles. The number of hydrogen-bond donors (Lipinski definition) is 3. The van der Waals surface area contributed by atoms with Crippen LogP contribution < -0.4 is 16.0 Å². The van der Waals surface area contributed by atoms with E-state index < -0.39 is 0 Å². The van der Waals surface area contributed by atoms with E-state index in [0.717, 1.165) is 44.0 Å². The molecular weight excluding hydrogens is 280 g/mol. The first kappa shape index (κ1) is 15.0. The molecule has 0 aromatic heterocycles. The maximum atomic E-state index is 12.4. The minimum absolute atomic E-state index is 0.0579. The summed E-state index contributed by atoms with van der Waals surface area (Å²) in [5.74, 6) is -0.536. The van der Waals surface area contributed by atoms with E-state index in [1.54, 1.807) is 0 Å². The van der Waals surface area contributed by atoms with E-state index in [1.807, 2.05) is 24.3 Å². The first-order valence-electron chi connectivity index (χ1n) is 7.83. The zero-order chi connectivity index (χ0) is 15.4. The maximum Gasteiger partial charge on any atom is 0.228 e. The summed E-state index contributed by atoms with van der Waals surface area (Å²) in [6, 6.07) is 7.52. The average molecular weight is 302 g/mol. The van der Waals surface area contributed by atoms with Gasteiger partial charge in [-0.1, -0.05) is 18.2 Å². The van der Waals surface area contributed by atoms with Gasteiger partial charge in [-0.25, -0.2) is 0 Å². The summed E-state index contributed by atoms with van der Waals surface area (Å²) < 4.78 is 0. The van der Waals surface area contributed by atoms with Crippen LogP contribution in [-0.2, 0) is 9.59 Å². The van der Waals surface area contributed by atoms with Gasteiger partial charge in [-0.15, -0.1) is 0 Å². The van der Waals surface area contributed by atoms with Gasteiger partial charge in [0.2, 0.25) is 11.8 Å². The molecule has 0 bridgehead atoms. The van der Waals surface area contributed by atoms with Crippen molar-refractivity contribution in [2.75, 3.05) is 44.6 Å². The van der Waals surface area contributed by atoms with Crippen molar-refractivity contribution in [3.63, 3.8) is 0 Å². The summed E-state index contributed by atoms with van der Waals surface area (Å²) >= 11 is 0. The quantitative estimate of drug-likeness (QED) is 0.739. The van der Waals surface area contributed by atoms with Crippen molar-refractivity contribution in [3.05, 3.63) is 29.8 Å². The molecule has 3 N–H and O–H groups in total. The summed E-state index contributed by atoms with van der Waals surface area (Å²) in [5.41, 5.74) is 1.66. The molecule has 0 spiro atoms. The number of benzene rings is 1. The van der Waals surface area contributed by atoms with Gasteiger partial charge in [0.25, 0.3) is 0 Å². The van der Waals surface area contributed by atoms with Crippen molar-refractivity contribution in [1.82, 2.24) is 15.5 Å². The lowest BCUT2D eigenvalue weighted by Gasteiger charge is -2.28. The van der Waals surface area contributed by atoms with Crippen LogP contribution in [0.4, 0.5) is 5.69 Å². The molecule has 0 aliphatic carbocycles. The van der Waals surface area contributed by atoms with Crippen LogP contribution in [0.2, 0.25) is 0 Å². The second-order valence-electron chi connectivity index (χ2n) is 5.77. The van der Waals surface area contributed by atoms with E-state index in [2.05, 4.69) is 20.9 Å². The molecular formula is C16H22N4O2. The number of anilines is 1. The lowest BCUT2D eigenvalue weighted by Crippen LogP contribution is -2.46. The third kappa shape index (κ3) is 3.45. The Morgan fingerprint density at radius 1 is 1.27 bits per heavy atom. The number of hydrogen-bond acceptors (Lipinski definition) is 4. The van der Waals surface area contributed by atoms with E-state index >= 15 is 0 Å². The normalized spacial score (nSPS) is 21.8. The number of nitrogens with one attached hydrogen (secondary N) is 3. The van der Waals surface area contributed by atoms with Gasteiger partial charge in [-0.2, -0.15) is 0 Å². The van der Waals surface area contributed by atoms with Crippen molar-refractivity contribution >= 4 is 17.5 Å². The Bertz CT molecular complexity index is 555. The highest BCUT2D eigenvalue weighted by atomic mass is 16.2. The molecule has 1 unspecified atom stereocenters. The second-order valence-corrected chi connectivity index (χ2v) is 5.77. The number of carbonyl (C=O) groups excluding carboxylic acids is 2. The molecule has 118 valence electrons. The summed E-state index contributed by atoms with van der Waals surface area (Å²) in [6.45, 7) is 5.52. The van der Waals surface area contributed by atoms with E-state index in [0.29, 0.717) is 6.54 Å². The number of piperazine rings is 1. The predicted octanol–water partition coefficient (Wildman–Crippen LogP) is 0.134. The molecule has 1 aromatic rings. The third-order valence-electron chi connectivity index (χ3n) is 4.25. The van der Waals surface area contributed by atoms with Gasteiger partial charge in [-0.05, 0) is 11.6 Å². The highest BCUT2D eigenvalue weighted by Gasteiger charge is 2.30. The number of amides is 2. The molecule has 6 heteroatoms. The van der Waals surface area contributed by atoms with Gasteiger partial charge in [0.15, 0.2) is 0 Å². The number of carbonyl (C=O) groups is 2. The zero-order valence-electron chi connectivity index (χ0n) is 12.6. The van der Waals surface area contributed by atoms with Crippen LogP contribution in [0.3, 0.4) is 0 Å². The molecule has 22 heavy (non-hydrogen) atoms. The van der Waals surface area contributed by atoms with Crippen molar-refractivity contribution in [2.24, 2.45) is 0 Å². The first-order valence-corrected chi connectivity index (χ1v) is 7.83. The third-order valence-corrected chi connectivity index (χ3v) is 4.25. The van der Waals surface area contributed by atoms with Crippen molar-refractivity contribution in [3.8, 4) is 0 Å². The SMILES string of the molecule is O=C1CC(C(=O)NCCN2CCNCC2)c2ccccc2N1. The van der Waals surface area contributed by atoms with Gasteiger partial charge >= 0.3 is 0 Å². The Balaban J connectivity index is 1.56. The van der Waals surface area contributed by atoms with Crippen LogP contribution in [0.15, 0.2) is 24.3 Å². The molecule has 2 amide bonds. The molecule has 1 atom stereocenters. The smallest absolute Gasteiger partial charge is 0.228 e. The lowest BCUT2D eigenvalue weighted by atomic mass is 9.90. The number of para-hydroxylation sites is 1. The number of nitrogens with zero attached hydrogens (tertiary/aromatic N) is 1. The maximum absolute atomic E-state index is 12.4. The largest absolute Gasteiger partial charge is 0.354 e. The van der Waals surface area contributed by atoms with Crippen LogP contribution in [-0.4, -0.2) is 56.0 Å². The van der Waals surface area contributed by atoms with Gasteiger partial charge in [0.1, 0.15) is 0 Å². The molecule has 2 heterocycles. The molecule has 6 nitrogen and oxygen atoms in total. The molecule has 1 saturated heterocycles. The molecule has 2 aliphatic heterocycles. The summed E-state index contributed by atoms with van der Waals surface area (Å²) in [5, 5.41) is 9.11. The molecule has 0 saturated carbocycles. The van der Waals surface area contributed by atoms with Crippen molar-refractivity contribution in [1.29, 1.82) is 0 Å². The van der Waals surface area contributed by atoms with Gasteiger partial charge in [0, 0.05) is 51.4 Å². The summed E-state index contributed by atoms with van der Waals surface area (Å²) in [6.07, 6.45) is 0.219. The fourth-order valence-corrected chi connectivity index (χ4v) is 3.04. The highest BCUT2D eigenvalue weighted by Crippen LogP contribution is 2.31. The van der Waals surface area contributed by atoms with E-state index in [1.165, 1.54) is 0 Å². The highest BCUT2D eigenvalue weighted by molar-refractivity contribution is 6.01. The number of rotatable bonds is 4. The fraction of sp³-hybridized carbons (Fsp3) is 0.500. The Labute approximate surface area is 130 Å². The summed E-state index contributed by atoms with van der Waals surface area (Å²) in [7, 11) is 0. The molecule has 2 aliphatic rings. The lowest BCUT2D eigenvalue weighted by molar-refractivity contribution is -0.126. The Hall–Kier alpha value is -1.92. The molecule has 1 fully saturated rings. The van der Waals surface area contributed by atoms with E-state index in [9.17, 15) is 9.59 Å². The summed E-state index contributed by atoms with van der Waals surface area (Å²) in [4.78, 5) is 26.5. The monoisotopic (exact) mass is 302 g/mol. The van der Waals surface area contributed by atoms with Crippen LogP contribution >= 0.6 is 0 Å². The van der Waals surface area contributed by atoms with Crippen molar-refractivity contribution < 1.29 is 9.59 Å². The van der Waals surface area contributed by atoms with Crippen LogP contribution in [0.25, 0.3) is 0 Å². The van der Waals surface area contributed by atoms with Gasteiger partial charge < -0.3 is 16.0 Å². The minimum Gasteiger partial charge on any atom is -0.354 e. The number of fused-ring (bicyclic) bond motifs is 1. The van der Waals surface area contributed by atoms with Gasteiger partial charge in [-0.3, -0.25) is 14.5 Å². The van der Waals surface area contributed by atoms with Crippen LogP contribution in [0.1, 0.15) is 17.9 Å². The van der Waals surface area contributed by atoms with Gasteiger partial charge in [0.05, 0.1) is 5.92 Å². The first-order chi connectivity index (χ1) is 10.7. The standard InChI is InChI=1S/C16H22N4O2/c21-15-11-13(12-3-1-2-4-14(12)19-15)16(22)18-7-10-20-8-5-17-6-9-20/h1-4,13,17H,5-11H2,(H,18,22)(H,19,21). The predicted molar refractivity (Wildman–Crippen MR) is 84.7 cm³/mol. The van der Waals surface area contributed by atoms with Crippen molar-refractivity contribution in [2.45, 2.75) is 12.3 Å². The van der Waals surface area contributed by atoms with Crippen LogP contribution in [0, 0.1) is 0 Å². The Morgan fingerprint density at radius 3 is 2.86 bits per heavy atom.